The minimum absolute atomic E-state index is 0.0830. The summed E-state index contributed by atoms with van der Waals surface area (Å²) in [6.07, 6.45) is -0.855. The molecule has 5 nitrogen and oxygen atoms in total. The van der Waals surface area contributed by atoms with Crippen molar-refractivity contribution in [3.05, 3.63) is 53.2 Å². The number of alkyl halides is 1. The van der Waals surface area contributed by atoms with E-state index in [4.69, 9.17) is 21.8 Å². The van der Waals surface area contributed by atoms with Gasteiger partial charge in [-0.05, 0) is 47.9 Å². The first kappa shape index (κ1) is 18.4. The molecule has 0 unspecified atom stereocenters. The fraction of sp³-hybridized carbons (Fsp3) is 0.263. The summed E-state index contributed by atoms with van der Waals surface area (Å²) in [6, 6.07) is 12.0. The SMILES string of the molecule is NCc1cc2cc(-c3ccc(S(=O)(=O)N4CC[C@H](F)C4)cc3)cc(Cl)c2o1. The molecule has 1 aliphatic rings. The van der Waals surface area contributed by atoms with Gasteiger partial charge in [0.15, 0.2) is 5.58 Å². The highest BCUT2D eigenvalue weighted by Gasteiger charge is 2.32. The zero-order valence-electron chi connectivity index (χ0n) is 14.4. The molecule has 1 saturated heterocycles. The van der Waals surface area contributed by atoms with Crippen molar-refractivity contribution in [2.45, 2.75) is 24.0 Å². The van der Waals surface area contributed by atoms with Gasteiger partial charge in [0.1, 0.15) is 11.9 Å². The van der Waals surface area contributed by atoms with Crippen LogP contribution in [0.15, 0.2) is 51.8 Å². The van der Waals surface area contributed by atoms with E-state index in [0.29, 0.717) is 16.4 Å². The first-order valence-corrected chi connectivity index (χ1v) is 10.4. The molecule has 0 radical (unpaired) electrons. The number of fused-ring (bicyclic) bond motifs is 1. The molecule has 1 aromatic heterocycles. The number of hydrogen-bond acceptors (Lipinski definition) is 4. The van der Waals surface area contributed by atoms with Crippen LogP contribution in [0, 0.1) is 0 Å². The predicted molar refractivity (Wildman–Crippen MR) is 103 cm³/mol. The second kappa shape index (κ2) is 6.91. The molecule has 0 saturated carbocycles. The number of sulfonamides is 1. The average Bonchev–Trinajstić information content (AvgIpc) is 3.28. The van der Waals surface area contributed by atoms with Crippen molar-refractivity contribution in [1.29, 1.82) is 0 Å². The van der Waals surface area contributed by atoms with Gasteiger partial charge >= 0.3 is 0 Å². The molecule has 0 amide bonds. The van der Waals surface area contributed by atoms with Gasteiger partial charge in [0, 0.05) is 18.5 Å². The molecular weight excluding hydrogens is 391 g/mol. The lowest BCUT2D eigenvalue weighted by Crippen LogP contribution is -2.29. The van der Waals surface area contributed by atoms with Crippen molar-refractivity contribution in [3.63, 3.8) is 0 Å². The number of rotatable bonds is 4. The summed E-state index contributed by atoms with van der Waals surface area (Å²) in [7, 11) is -3.68. The van der Waals surface area contributed by atoms with Crippen LogP contribution in [0.2, 0.25) is 5.02 Å². The van der Waals surface area contributed by atoms with Crippen LogP contribution in [0.25, 0.3) is 22.1 Å². The van der Waals surface area contributed by atoms with Gasteiger partial charge in [-0.1, -0.05) is 23.7 Å². The molecule has 2 N–H and O–H groups in total. The lowest BCUT2D eigenvalue weighted by molar-refractivity contribution is 0.343. The fourth-order valence-corrected chi connectivity index (χ4v) is 5.05. The zero-order chi connectivity index (χ0) is 19.2. The van der Waals surface area contributed by atoms with Gasteiger partial charge in [-0.2, -0.15) is 4.31 Å². The Morgan fingerprint density at radius 1 is 1.19 bits per heavy atom. The fourth-order valence-electron chi connectivity index (χ4n) is 3.31. The van der Waals surface area contributed by atoms with Gasteiger partial charge in [-0.3, -0.25) is 0 Å². The molecule has 27 heavy (non-hydrogen) atoms. The van der Waals surface area contributed by atoms with Gasteiger partial charge in [0.05, 0.1) is 16.5 Å². The highest BCUT2D eigenvalue weighted by Crippen LogP contribution is 2.33. The molecule has 1 aliphatic heterocycles. The van der Waals surface area contributed by atoms with E-state index in [0.717, 1.165) is 16.5 Å². The maximum atomic E-state index is 13.4. The molecule has 4 rings (SSSR count). The van der Waals surface area contributed by atoms with Crippen LogP contribution in [0.4, 0.5) is 4.39 Å². The minimum atomic E-state index is -3.68. The smallest absolute Gasteiger partial charge is 0.243 e. The summed E-state index contributed by atoms with van der Waals surface area (Å²) in [5.41, 5.74) is 7.84. The summed E-state index contributed by atoms with van der Waals surface area (Å²) in [5.74, 6) is 0.641. The second-order valence-corrected chi connectivity index (χ2v) is 8.91. The van der Waals surface area contributed by atoms with Gasteiger partial charge in [0.25, 0.3) is 0 Å². The van der Waals surface area contributed by atoms with E-state index in [2.05, 4.69) is 0 Å². The molecule has 0 spiro atoms. The van der Waals surface area contributed by atoms with Crippen LogP contribution in [-0.2, 0) is 16.6 Å². The number of furan rings is 1. The number of nitrogens with zero attached hydrogens (tertiary/aromatic N) is 1. The Morgan fingerprint density at radius 3 is 2.56 bits per heavy atom. The predicted octanol–water partition coefficient (Wildman–Crippen LogP) is 3.94. The molecule has 1 atom stereocenters. The van der Waals surface area contributed by atoms with Crippen molar-refractivity contribution in [3.8, 4) is 11.1 Å². The van der Waals surface area contributed by atoms with Crippen molar-refractivity contribution >= 4 is 32.6 Å². The summed E-state index contributed by atoms with van der Waals surface area (Å²) in [4.78, 5) is 0.154. The Kier molecular flexibility index (Phi) is 4.71. The van der Waals surface area contributed by atoms with E-state index >= 15 is 0 Å². The van der Waals surface area contributed by atoms with E-state index in [-0.39, 0.29) is 31.0 Å². The summed E-state index contributed by atoms with van der Waals surface area (Å²) < 4.78 is 45.4. The Hall–Kier alpha value is -1.93. The normalized spacial score (nSPS) is 18.4. The number of hydrogen-bond donors (Lipinski definition) is 1. The minimum Gasteiger partial charge on any atom is -0.458 e. The molecule has 1 fully saturated rings. The largest absolute Gasteiger partial charge is 0.458 e. The van der Waals surface area contributed by atoms with E-state index in [1.807, 2.05) is 12.1 Å². The maximum absolute atomic E-state index is 13.4. The molecule has 3 aromatic rings. The third kappa shape index (κ3) is 3.36. The molecule has 2 aromatic carbocycles. The second-order valence-electron chi connectivity index (χ2n) is 6.57. The van der Waals surface area contributed by atoms with Gasteiger partial charge in [-0.25, -0.2) is 12.8 Å². The topological polar surface area (TPSA) is 76.5 Å². The molecule has 0 aliphatic carbocycles. The average molecular weight is 409 g/mol. The highest BCUT2D eigenvalue weighted by molar-refractivity contribution is 7.89. The van der Waals surface area contributed by atoms with Crippen LogP contribution in [0.3, 0.4) is 0 Å². The van der Waals surface area contributed by atoms with Gasteiger partial charge < -0.3 is 10.2 Å². The Labute approximate surface area is 161 Å². The third-order valence-electron chi connectivity index (χ3n) is 4.74. The molecule has 0 bridgehead atoms. The van der Waals surface area contributed by atoms with E-state index < -0.39 is 16.2 Å². The first-order valence-electron chi connectivity index (χ1n) is 8.55. The first-order chi connectivity index (χ1) is 12.9. The zero-order valence-corrected chi connectivity index (χ0v) is 15.9. The quantitative estimate of drug-likeness (QED) is 0.709. The van der Waals surface area contributed by atoms with Gasteiger partial charge in [0.2, 0.25) is 10.0 Å². The third-order valence-corrected chi connectivity index (χ3v) is 6.90. The summed E-state index contributed by atoms with van der Waals surface area (Å²) in [6.45, 7) is 0.408. The molecule has 2 heterocycles. The van der Waals surface area contributed by atoms with Crippen LogP contribution < -0.4 is 5.73 Å². The van der Waals surface area contributed by atoms with Crippen LogP contribution >= 0.6 is 11.6 Å². The molecule has 8 heteroatoms. The standard InChI is InChI=1S/C19H18ClFN2O3S/c20-18-9-13(7-14-8-16(10-22)26-19(14)18)12-1-3-17(4-2-12)27(24,25)23-6-5-15(21)11-23/h1-4,7-9,15H,5-6,10-11,22H2/t15-/m0/s1. The molecular formula is C19H18ClFN2O3S. The Balaban J connectivity index is 1.67. The lowest BCUT2D eigenvalue weighted by atomic mass is 10.0. The lowest BCUT2D eigenvalue weighted by Gasteiger charge is -2.15. The number of benzene rings is 2. The summed E-state index contributed by atoms with van der Waals surface area (Å²) in [5, 5.41) is 1.30. The number of nitrogens with two attached hydrogens (primary N) is 1. The molecule has 142 valence electrons. The van der Waals surface area contributed by atoms with E-state index in [1.54, 1.807) is 18.2 Å². The Morgan fingerprint density at radius 2 is 1.93 bits per heavy atom. The monoisotopic (exact) mass is 408 g/mol. The number of halogens is 2. The van der Waals surface area contributed by atoms with Gasteiger partial charge in [-0.15, -0.1) is 0 Å². The van der Waals surface area contributed by atoms with Crippen molar-refractivity contribution in [2.75, 3.05) is 13.1 Å². The van der Waals surface area contributed by atoms with Crippen LogP contribution in [-0.4, -0.2) is 32.0 Å². The maximum Gasteiger partial charge on any atom is 0.243 e. The Bertz CT molecular complexity index is 1100. The highest BCUT2D eigenvalue weighted by atomic mass is 35.5. The summed E-state index contributed by atoms with van der Waals surface area (Å²) >= 11 is 6.31. The van der Waals surface area contributed by atoms with E-state index in [9.17, 15) is 12.8 Å². The van der Waals surface area contributed by atoms with Crippen LogP contribution in [0.5, 0.6) is 0 Å². The van der Waals surface area contributed by atoms with Crippen molar-refractivity contribution in [1.82, 2.24) is 4.31 Å². The van der Waals surface area contributed by atoms with E-state index in [1.165, 1.54) is 16.4 Å². The van der Waals surface area contributed by atoms with Crippen LogP contribution in [0.1, 0.15) is 12.2 Å². The van der Waals surface area contributed by atoms with Crippen molar-refractivity contribution < 1.29 is 17.2 Å². The van der Waals surface area contributed by atoms with Crippen molar-refractivity contribution in [2.24, 2.45) is 5.73 Å².